The van der Waals surface area contributed by atoms with Gasteiger partial charge in [-0.05, 0) is 36.5 Å². The van der Waals surface area contributed by atoms with Crippen LogP contribution in [0.3, 0.4) is 0 Å². The van der Waals surface area contributed by atoms with E-state index in [1.165, 1.54) is 5.56 Å². The maximum Gasteiger partial charge on any atom is 0.193 e. The van der Waals surface area contributed by atoms with Gasteiger partial charge in [0.1, 0.15) is 0 Å². The van der Waals surface area contributed by atoms with Crippen LogP contribution in [0.25, 0.3) is 0 Å². The van der Waals surface area contributed by atoms with Gasteiger partial charge in [0, 0.05) is 12.2 Å². The Kier molecular flexibility index (Phi) is 4.65. The highest BCUT2D eigenvalue weighted by atomic mass is 32.2. The van der Waals surface area contributed by atoms with Crippen LogP contribution in [0, 0.1) is 5.92 Å². The number of hydrogen-bond acceptors (Lipinski definition) is 3. The van der Waals surface area contributed by atoms with Crippen molar-refractivity contribution >= 4 is 21.5 Å². The van der Waals surface area contributed by atoms with E-state index in [2.05, 4.69) is 17.2 Å². The molecule has 0 saturated carbocycles. The molecule has 2 rings (SSSR count). The molecular formula is C14H21N3O2S. The van der Waals surface area contributed by atoms with Crippen LogP contribution in [0.4, 0.5) is 5.69 Å². The molecular weight excluding hydrogens is 274 g/mol. The van der Waals surface area contributed by atoms with E-state index in [-0.39, 0.29) is 17.4 Å². The van der Waals surface area contributed by atoms with Crippen molar-refractivity contribution in [2.24, 2.45) is 16.6 Å². The van der Waals surface area contributed by atoms with Crippen LogP contribution in [-0.4, -0.2) is 32.4 Å². The van der Waals surface area contributed by atoms with Gasteiger partial charge in [0.05, 0.1) is 11.5 Å². The summed E-state index contributed by atoms with van der Waals surface area (Å²) in [4.78, 5) is 4.23. The predicted molar refractivity (Wildman–Crippen MR) is 82.7 cm³/mol. The molecule has 1 saturated heterocycles. The smallest absolute Gasteiger partial charge is 0.193 e. The third-order valence-electron chi connectivity index (χ3n) is 3.48. The number of benzene rings is 1. The summed E-state index contributed by atoms with van der Waals surface area (Å²) in [6.07, 6.45) is 1.68. The second-order valence-corrected chi connectivity index (χ2v) is 7.40. The summed E-state index contributed by atoms with van der Waals surface area (Å²) in [7, 11) is -2.84. The van der Waals surface area contributed by atoms with Crippen LogP contribution in [0.5, 0.6) is 0 Å². The number of guanidine groups is 1. The molecule has 0 bridgehead atoms. The number of anilines is 1. The van der Waals surface area contributed by atoms with Crippen molar-refractivity contribution in [3.05, 3.63) is 29.8 Å². The number of nitrogens with one attached hydrogen (secondary N) is 1. The van der Waals surface area contributed by atoms with E-state index < -0.39 is 9.84 Å². The Morgan fingerprint density at radius 1 is 1.40 bits per heavy atom. The number of hydrogen-bond donors (Lipinski definition) is 2. The molecule has 3 N–H and O–H groups in total. The summed E-state index contributed by atoms with van der Waals surface area (Å²) in [5.41, 5.74) is 7.97. The molecule has 1 aliphatic heterocycles. The summed E-state index contributed by atoms with van der Waals surface area (Å²) in [6, 6.07) is 8.00. The second kappa shape index (κ2) is 6.26. The lowest BCUT2D eigenvalue weighted by Crippen LogP contribution is -2.24. The SMILES string of the molecule is CCc1ccc(NC(N)=NCC2CCS(=O)(=O)C2)cc1. The van der Waals surface area contributed by atoms with Crippen molar-refractivity contribution in [3.8, 4) is 0 Å². The molecule has 0 radical (unpaired) electrons. The average Bonchev–Trinajstić information content (AvgIpc) is 2.77. The van der Waals surface area contributed by atoms with Crippen molar-refractivity contribution in [2.45, 2.75) is 19.8 Å². The van der Waals surface area contributed by atoms with Crippen LogP contribution in [0.2, 0.25) is 0 Å². The number of nitrogens with zero attached hydrogens (tertiary/aromatic N) is 1. The molecule has 6 heteroatoms. The van der Waals surface area contributed by atoms with E-state index >= 15 is 0 Å². The van der Waals surface area contributed by atoms with Crippen LogP contribution in [0.15, 0.2) is 29.3 Å². The Bertz CT molecular complexity index is 579. The third kappa shape index (κ3) is 4.23. The lowest BCUT2D eigenvalue weighted by atomic mass is 10.1. The highest BCUT2D eigenvalue weighted by Crippen LogP contribution is 2.18. The lowest BCUT2D eigenvalue weighted by molar-refractivity contribution is 0.591. The Hall–Kier alpha value is -1.56. The molecule has 110 valence electrons. The standard InChI is InChI=1S/C14H21N3O2S/c1-2-11-3-5-13(6-4-11)17-14(15)16-9-12-7-8-20(18,19)10-12/h3-6,12H,2,7-10H2,1H3,(H3,15,16,17). The van der Waals surface area contributed by atoms with Crippen molar-refractivity contribution in [1.82, 2.24) is 0 Å². The largest absolute Gasteiger partial charge is 0.370 e. The lowest BCUT2D eigenvalue weighted by Gasteiger charge is -2.08. The first kappa shape index (κ1) is 14.8. The van der Waals surface area contributed by atoms with Gasteiger partial charge in [-0.1, -0.05) is 19.1 Å². The van der Waals surface area contributed by atoms with Gasteiger partial charge in [-0.25, -0.2) is 8.42 Å². The normalized spacial score (nSPS) is 21.9. The summed E-state index contributed by atoms with van der Waals surface area (Å²) in [5.74, 6) is 0.940. The number of aliphatic imine (C=N–C) groups is 1. The quantitative estimate of drug-likeness (QED) is 0.650. The van der Waals surface area contributed by atoms with Crippen LogP contribution >= 0.6 is 0 Å². The Labute approximate surface area is 120 Å². The molecule has 1 aromatic rings. The molecule has 1 fully saturated rings. The van der Waals surface area contributed by atoms with Gasteiger partial charge >= 0.3 is 0 Å². The van der Waals surface area contributed by atoms with E-state index in [1.54, 1.807) is 0 Å². The summed E-state index contributed by atoms with van der Waals surface area (Å²) >= 11 is 0. The molecule has 1 unspecified atom stereocenters. The molecule has 1 atom stereocenters. The molecule has 5 nitrogen and oxygen atoms in total. The van der Waals surface area contributed by atoms with Gasteiger partial charge in [-0.15, -0.1) is 0 Å². The third-order valence-corrected chi connectivity index (χ3v) is 5.32. The van der Waals surface area contributed by atoms with Gasteiger partial charge in [0.15, 0.2) is 15.8 Å². The second-order valence-electron chi connectivity index (χ2n) is 5.17. The monoisotopic (exact) mass is 295 g/mol. The van der Waals surface area contributed by atoms with E-state index in [4.69, 9.17) is 5.73 Å². The zero-order valence-corrected chi connectivity index (χ0v) is 12.5. The van der Waals surface area contributed by atoms with Crippen molar-refractivity contribution in [3.63, 3.8) is 0 Å². The van der Waals surface area contributed by atoms with Gasteiger partial charge in [-0.2, -0.15) is 0 Å². The molecule has 0 aliphatic carbocycles. The Morgan fingerprint density at radius 2 is 2.10 bits per heavy atom. The maximum absolute atomic E-state index is 11.3. The molecule has 0 aromatic heterocycles. The average molecular weight is 295 g/mol. The fourth-order valence-corrected chi connectivity index (χ4v) is 4.10. The fourth-order valence-electron chi connectivity index (χ4n) is 2.25. The zero-order valence-electron chi connectivity index (χ0n) is 11.7. The van der Waals surface area contributed by atoms with Crippen LogP contribution in [0.1, 0.15) is 18.9 Å². The Morgan fingerprint density at radius 3 is 2.65 bits per heavy atom. The van der Waals surface area contributed by atoms with E-state index in [9.17, 15) is 8.42 Å². The minimum atomic E-state index is -2.84. The predicted octanol–water partition coefficient (Wildman–Crippen LogP) is 1.41. The first-order valence-corrected chi connectivity index (χ1v) is 8.67. The minimum absolute atomic E-state index is 0.0998. The first-order chi connectivity index (χ1) is 9.48. The van der Waals surface area contributed by atoms with Gasteiger partial charge in [-0.3, -0.25) is 4.99 Å². The van der Waals surface area contributed by atoms with E-state index in [1.807, 2.05) is 24.3 Å². The van der Waals surface area contributed by atoms with Crippen LogP contribution in [-0.2, 0) is 16.3 Å². The zero-order chi connectivity index (χ0) is 14.6. The number of aryl methyl sites for hydroxylation is 1. The fraction of sp³-hybridized carbons (Fsp3) is 0.500. The number of rotatable bonds is 4. The Balaban J connectivity index is 1.87. The molecule has 0 spiro atoms. The van der Waals surface area contributed by atoms with Crippen molar-refractivity contribution < 1.29 is 8.42 Å². The molecule has 0 amide bonds. The minimum Gasteiger partial charge on any atom is -0.370 e. The molecule has 1 heterocycles. The molecule has 1 aliphatic rings. The number of sulfone groups is 1. The number of nitrogens with two attached hydrogens (primary N) is 1. The summed E-state index contributed by atoms with van der Waals surface area (Å²) < 4.78 is 22.7. The van der Waals surface area contributed by atoms with Crippen molar-refractivity contribution in [1.29, 1.82) is 0 Å². The maximum atomic E-state index is 11.3. The first-order valence-electron chi connectivity index (χ1n) is 6.85. The molecule has 20 heavy (non-hydrogen) atoms. The topological polar surface area (TPSA) is 84.5 Å². The van der Waals surface area contributed by atoms with Gasteiger partial charge in [0.2, 0.25) is 0 Å². The highest BCUT2D eigenvalue weighted by Gasteiger charge is 2.27. The summed E-state index contributed by atoms with van der Waals surface area (Å²) in [5, 5.41) is 3.02. The summed E-state index contributed by atoms with van der Waals surface area (Å²) in [6.45, 7) is 2.57. The highest BCUT2D eigenvalue weighted by molar-refractivity contribution is 7.91. The van der Waals surface area contributed by atoms with Gasteiger partial charge < -0.3 is 11.1 Å². The van der Waals surface area contributed by atoms with Gasteiger partial charge in [0.25, 0.3) is 0 Å². The van der Waals surface area contributed by atoms with E-state index in [0.29, 0.717) is 18.9 Å². The molecule has 1 aromatic carbocycles. The van der Waals surface area contributed by atoms with E-state index in [0.717, 1.165) is 12.1 Å². The van der Waals surface area contributed by atoms with Crippen LogP contribution < -0.4 is 11.1 Å². The van der Waals surface area contributed by atoms with Crippen molar-refractivity contribution in [2.75, 3.05) is 23.4 Å².